The molecule has 0 unspecified atom stereocenters. The van der Waals surface area contributed by atoms with E-state index in [9.17, 15) is 23.5 Å². The van der Waals surface area contributed by atoms with Crippen LogP contribution in [0.1, 0.15) is 44.0 Å². The van der Waals surface area contributed by atoms with Crippen molar-refractivity contribution in [2.75, 3.05) is 26.2 Å². The number of likely N-dealkylation sites (tertiary alicyclic amines) is 1. The summed E-state index contributed by atoms with van der Waals surface area (Å²) in [6.45, 7) is 7.32. The van der Waals surface area contributed by atoms with Crippen molar-refractivity contribution in [1.29, 1.82) is 0 Å². The Bertz CT molecular complexity index is 1430. The fourth-order valence-electron chi connectivity index (χ4n) is 4.67. The molecule has 2 N–H and O–H groups in total. The summed E-state index contributed by atoms with van der Waals surface area (Å²) in [5.41, 5.74) is -0.667. The van der Waals surface area contributed by atoms with Gasteiger partial charge in [-0.1, -0.05) is 23.2 Å². The number of carbonyl (C=O) groups is 1. The van der Waals surface area contributed by atoms with E-state index >= 15 is 0 Å². The number of amides is 1. The predicted molar refractivity (Wildman–Crippen MR) is 148 cm³/mol. The standard InChI is InChI=1S/C28H31Cl2F2N3O4/c1-28(2,3)35-14-20(26(37)19-11-24(32)22(30)12-25(19)35)27(38)33-16-6-8-34(9-7-16)13-17(36)15-39-18-4-5-21(29)23(31)10-18/h4-5,10-12,14,16-17,36H,6-9,13,15H2,1-3H3,(H,33,38)/t17-/m1/s1. The lowest BCUT2D eigenvalue weighted by atomic mass is 10.0. The molecule has 1 fully saturated rings. The average Bonchev–Trinajstić information content (AvgIpc) is 2.86. The smallest absolute Gasteiger partial charge is 0.256 e. The minimum absolute atomic E-state index is 0.00263. The number of β-amino-alcohol motifs (C(OH)–C–C–N with tert-alkyl or cyclic N) is 1. The van der Waals surface area contributed by atoms with Crippen molar-refractivity contribution in [2.45, 2.75) is 51.3 Å². The number of halogens is 4. The highest BCUT2D eigenvalue weighted by Gasteiger charge is 2.26. The number of pyridine rings is 1. The van der Waals surface area contributed by atoms with Crippen LogP contribution < -0.4 is 15.5 Å². The molecule has 0 saturated carbocycles. The van der Waals surface area contributed by atoms with Gasteiger partial charge in [0.05, 0.1) is 15.6 Å². The molecule has 1 saturated heterocycles. The summed E-state index contributed by atoms with van der Waals surface area (Å²) in [6.07, 6.45) is 1.95. The molecule has 1 atom stereocenters. The Labute approximate surface area is 235 Å². The van der Waals surface area contributed by atoms with Crippen LogP contribution in [0, 0.1) is 11.6 Å². The first-order valence-electron chi connectivity index (χ1n) is 12.7. The molecule has 210 valence electrons. The van der Waals surface area contributed by atoms with Gasteiger partial charge >= 0.3 is 0 Å². The van der Waals surface area contributed by atoms with Crippen molar-refractivity contribution in [3.8, 4) is 5.75 Å². The van der Waals surface area contributed by atoms with E-state index in [1.807, 2.05) is 25.7 Å². The molecule has 2 heterocycles. The number of hydrogen-bond donors (Lipinski definition) is 2. The zero-order chi connectivity index (χ0) is 28.5. The zero-order valence-corrected chi connectivity index (χ0v) is 23.5. The van der Waals surface area contributed by atoms with E-state index < -0.39 is 34.6 Å². The van der Waals surface area contributed by atoms with E-state index in [4.69, 9.17) is 27.9 Å². The first-order chi connectivity index (χ1) is 18.3. The van der Waals surface area contributed by atoms with Gasteiger partial charge in [0.1, 0.15) is 35.7 Å². The molecule has 1 amide bonds. The van der Waals surface area contributed by atoms with Crippen LogP contribution in [0.25, 0.3) is 10.9 Å². The Morgan fingerprint density at radius 2 is 1.79 bits per heavy atom. The number of aliphatic hydroxyl groups is 1. The van der Waals surface area contributed by atoms with Crippen molar-refractivity contribution in [3.63, 3.8) is 0 Å². The normalized spacial score (nSPS) is 15.9. The van der Waals surface area contributed by atoms with E-state index in [-0.39, 0.29) is 39.4 Å². The number of ether oxygens (including phenoxy) is 1. The van der Waals surface area contributed by atoms with Crippen molar-refractivity contribution in [2.24, 2.45) is 0 Å². The molecule has 39 heavy (non-hydrogen) atoms. The molecule has 11 heteroatoms. The van der Waals surface area contributed by atoms with Crippen LogP contribution in [0.15, 0.2) is 41.3 Å². The minimum Gasteiger partial charge on any atom is -0.491 e. The molecule has 0 bridgehead atoms. The second-order valence-electron chi connectivity index (χ2n) is 10.8. The first kappa shape index (κ1) is 29.3. The summed E-state index contributed by atoms with van der Waals surface area (Å²) in [7, 11) is 0. The van der Waals surface area contributed by atoms with E-state index in [2.05, 4.69) is 5.32 Å². The van der Waals surface area contributed by atoms with Crippen LogP contribution in [0.4, 0.5) is 8.78 Å². The second-order valence-corrected chi connectivity index (χ2v) is 11.6. The number of nitrogens with zero attached hydrogens (tertiary/aromatic N) is 2. The molecule has 1 aliphatic rings. The average molecular weight is 582 g/mol. The lowest BCUT2D eigenvalue weighted by molar-refractivity contribution is 0.0567. The van der Waals surface area contributed by atoms with Gasteiger partial charge in [-0.2, -0.15) is 0 Å². The molecule has 0 spiro atoms. The molecule has 3 aromatic rings. The molecular formula is C28H31Cl2F2N3O4. The van der Waals surface area contributed by atoms with Gasteiger partial charge in [-0.15, -0.1) is 0 Å². The predicted octanol–water partition coefficient (Wildman–Crippen LogP) is 4.98. The summed E-state index contributed by atoms with van der Waals surface area (Å²) in [5.74, 6) is -1.55. The lowest BCUT2D eigenvalue weighted by Crippen LogP contribution is -2.47. The van der Waals surface area contributed by atoms with Gasteiger partial charge < -0.3 is 24.6 Å². The Morgan fingerprint density at radius 3 is 2.44 bits per heavy atom. The number of carbonyl (C=O) groups excluding carboxylic acids is 1. The number of benzene rings is 2. The topological polar surface area (TPSA) is 83.8 Å². The maximum Gasteiger partial charge on any atom is 0.256 e. The maximum absolute atomic E-state index is 14.2. The highest BCUT2D eigenvalue weighted by Crippen LogP contribution is 2.26. The zero-order valence-electron chi connectivity index (χ0n) is 21.9. The van der Waals surface area contributed by atoms with Gasteiger partial charge in [0, 0.05) is 48.9 Å². The molecule has 0 aliphatic carbocycles. The Morgan fingerprint density at radius 1 is 1.13 bits per heavy atom. The molecule has 2 aromatic carbocycles. The van der Waals surface area contributed by atoms with Gasteiger partial charge in [-0.05, 0) is 57.9 Å². The number of aromatic nitrogens is 1. The number of hydrogen-bond acceptors (Lipinski definition) is 5. The fraction of sp³-hybridized carbons (Fsp3) is 0.429. The van der Waals surface area contributed by atoms with E-state index in [0.29, 0.717) is 38.0 Å². The summed E-state index contributed by atoms with van der Waals surface area (Å²) >= 11 is 11.6. The van der Waals surface area contributed by atoms with Crippen LogP contribution in [0.3, 0.4) is 0 Å². The van der Waals surface area contributed by atoms with Crippen LogP contribution in [-0.4, -0.2) is 58.9 Å². The molecule has 4 rings (SSSR count). The number of piperidine rings is 1. The fourth-order valence-corrected chi connectivity index (χ4v) is 4.94. The summed E-state index contributed by atoms with van der Waals surface area (Å²) in [6, 6.07) is 6.41. The molecule has 1 aliphatic heterocycles. The SMILES string of the molecule is CC(C)(C)n1cc(C(=O)NC2CCN(C[C@@H](O)COc3ccc(Cl)c(F)c3)CC2)c(=O)c2cc(F)c(Cl)cc21. The Hall–Kier alpha value is -2.72. The van der Waals surface area contributed by atoms with Crippen molar-refractivity contribution in [3.05, 3.63) is 74.0 Å². The third-order valence-electron chi connectivity index (χ3n) is 6.74. The third kappa shape index (κ3) is 6.90. The lowest BCUT2D eigenvalue weighted by Gasteiger charge is -2.33. The van der Waals surface area contributed by atoms with E-state index in [1.165, 1.54) is 30.5 Å². The van der Waals surface area contributed by atoms with Gasteiger partial charge in [-0.3, -0.25) is 9.59 Å². The number of nitrogens with one attached hydrogen (secondary N) is 1. The maximum atomic E-state index is 14.2. The largest absolute Gasteiger partial charge is 0.491 e. The molecule has 7 nitrogen and oxygen atoms in total. The van der Waals surface area contributed by atoms with Gasteiger partial charge in [0.25, 0.3) is 5.91 Å². The Kier molecular flexibility index (Phi) is 8.85. The van der Waals surface area contributed by atoms with E-state index in [1.54, 1.807) is 4.57 Å². The molecule has 0 radical (unpaired) electrons. The third-order valence-corrected chi connectivity index (χ3v) is 7.33. The Balaban J connectivity index is 1.37. The number of aliphatic hydroxyl groups excluding tert-OH is 1. The van der Waals surface area contributed by atoms with Gasteiger partial charge in [0.2, 0.25) is 5.43 Å². The summed E-state index contributed by atoms with van der Waals surface area (Å²) in [4.78, 5) is 28.4. The second kappa shape index (κ2) is 11.8. The van der Waals surface area contributed by atoms with Crippen LogP contribution >= 0.6 is 23.2 Å². The summed E-state index contributed by atoms with van der Waals surface area (Å²) in [5, 5.41) is 13.3. The minimum atomic E-state index is -0.794. The van der Waals surface area contributed by atoms with Crippen LogP contribution in [0.5, 0.6) is 5.75 Å². The quantitative estimate of drug-likeness (QED) is 0.411. The van der Waals surface area contributed by atoms with Crippen molar-refractivity contribution >= 4 is 40.0 Å². The number of fused-ring (bicyclic) bond motifs is 1. The monoisotopic (exact) mass is 581 g/mol. The molecule has 1 aromatic heterocycles. The van der Waals surface area contributed by atoms with Gasteiger partial charge in [-0.25, -0.2) is 8.78 Å². The van der Waals surface area contributed by atoms with E-state index in [0.717, 1.165) is 6.07 Å². The molecular weight excluding hydrogens is 551 g/mol. The van der Waals surface area contributed by atoms with Crippen LogP contribution in [-0.2, 0) is 5.54 Å². The highest BCUT2D eigenvalue weighted by molar-refractivity contribution is 6.31. The summed E-state index contributed by atoms with van der Waals surface area (Å²) < 4.78 is 35.0. The van der Waals surface area contributed by atoms with Crippen molar-refractivity contribution in [1.82, 2.24) is 14.8 Å². The van der Waals surface area contributed by atoms with Crippen molar-refractivity contribution < 1.29 is 23.4 Å². The number of rotatable bonds is 7. The highest BCUT2D eigenvalue weighted by atomic mass is 35.5. The first-order valence-corrected chi connectivity index (χ1v) is 13.4. The van der Waals surface area contributed by atoms with Crippen LogP contribution in [0.2, 0.25) is 10.0 Å². The van der Waals surface area contributed by atoms with Gasteiger partial charge in [0.15, 0.2) is 0 Å².